The molecule has 0 bridgehead atoms. The Kier molecular flexibility index (Phi) is 7.09. The molecule has 1 N–H and O–H groups in total. The first-order valence-electron chi connectivity index (χ1n) is 10.3. The van der Waals surface area contributed by atoms with Gasteiger partial charge in [0.15, 0.2) is 0 Å². The Morgan fingerprint density at radius 1 is 1.00 bits per heavy atom. The number of nitrogens with one attached hydrogen (secondary N) is 1. The van der Waals surface area contributed by atoms with Gasteiger partial charge in [-0.3, -0.25) is 4.79 Å². The van der Waals surface area contributed by atoms with Crippen molar-refractivity contribution in [1.82, 2.24) is 9.62 Å². The molecule has 0 aromatic heterocycles. The summed E-state index contributed by atoms with van der Waals surface area (Å²) in [5, 5.41) is 3.07. The summed E-state index contributed by atoms with van der Waals surface area (Å²) in [5.74, 6) is -0.168. The standard InChI is InChI=1S/C23H30N2O3S/c1-3-22(20-11-7-18(2)8-12-20)24-23(26)21-13-9-19(10-14-21)17-29(27,28)25-15-5-4-6-16-25/h7-14,22H,3-6,15-17H2,1-2H3,(H,24,26)/t22-/m0/s1. The maximum Gasteiger partial charge on any atom is 0.251 e. The SMILES string of the molecule is CC[C@H](NC(=O)c1ccc(CS(=O)(=O)N2CCCCC2)cc1)c1ccc(C)cc1. The van der Waals surface area contributed by atoms with Crippen LogP contribution in [-0.2, 0) is 15.8 Å². The van der Waals surface area contributed by atoms with E-state index in [1.807, 2.05) is 38.1 Å². The van der Waals surface area contributed by atoms with E-state index in [2.05, 4.69) is 5.32 Å². The van der Waals surface area contributed by atoms with Crippen molar-refractivity contribution in [2.75, 3.05) is 13.1 Å². The van der Waals surface area contributed by atoms with Crippen LogP contribution in [0.4, 0.5) is 0 Å². The molecule has 156 valence electrons. The summed E-state index contributed by atoms with van der Waals surface area (Å²) in [5.41, 5.74) is 3.51. The molecule has 0 saturated carbocycles. The van der Waals surface area contributed by atoms with Gasteiger partial charge in [0.2, 0.25) is 10.0 Å². The van der Waals surface area contributed by atoms with Gasteiger partial charge in [-0.1, -0.05) is 55.3 Å². The highest BCUT2D eigenvalue weighted by atomic mass is 32.2. The molecule has 29 heavy (non-hydrogen) atoms. The smallest absolute Gasteiger partial charge is 0.251 e. The van der Waals surface area contributed by atoms with Gasteiger partial charge in [-0.25, -0.2) is 12.7 Å². The van der Waals surface area contributed by atoms with E-state index in [0.717, 1.165) is 31.2 Å². The van der Waals surface area contributed by atoms with Crippen LogP contribution in [0.2, 0.25) is 0 Å². The number of piperidine rings is 1. The molecule has 1 heterocycles. The fraction of sp³-hybridized carbons (Fsp3) is 0.435. The van der Waals surface area contributed by atoms with E-state index in [1.54, 1.807) is 28.6 Å². The predicted octanol–water partition coefficient (Wildman–Crippen LogP) is 4.19. The Bertz CT molecular complexity index is 916. The molecule has 2 aromatic rings. The van der Waals surface area contributed by atoms with Gasteiger partial charge in [-0.2, -0.15) is 0 Å². The zero-order chi connectivity index (χ0) is 20.9. The highest BCUT2D eigenvalue weighted by Crippen LogP contribution is 2.20. The summed E-state index contributed by atoms with van der Waals surface area (Å²) in [4.78, 5) is 12.7. The Hall–Kier alpha value is -2.18. The Balaban J connectivity index is 1.64. The van der Waals surface area contributed by atoms with Crippen molar-refractivity contribution in [2.45, 2.75) is 51.3 Å². The molecule has 1 fully saturated rings. The second-order valence-corrected chi connectivity index (χ2v) is 9.73. The van der Waals surface area contributed by atoms with Crippen molar-refractivity contribution in [3.8, 4) is 0 Å². The molecule has 0 unspecified atom stereocenters. The summed E-state index contributed by atoms with van der Waals surface area (Å²) in [7, 11) is -3.30. The molecule has 3 rings (SSSR count). The molecule has 0 radical (unpaired) electrons. The zero-order valence-electron chi connectivity index (χ0n) is 17.2. The quantitative estimate of drug-likeness (QED) is 0.739. The fourth-order valence-electron chi connectivity index (χ4n) is 3.66. The molecule has 6 heteroatoms. The zero-order valence-corrected chi connectivity index (χ0v) is 18.0. The van der Waals surface area contributed by atoms with E-state index in [1.165, 1.54) is 5.56 Å². The summed E-state index contributed by atoms with van der Waals surface area (Å²) in [6, 6.07) is 15.0. The highest BCUT2D eigenvalue weighted by Gasteiger charge is 2.24. The minimum Gasteiger partial charge on any atom is -0.345 e. The summed E-state index contributed by atoms with van der Waals surface area (Å²) < 4.78 is 26.8. The molecule has 1 aliphatic rings. The molecular formula is C23H30N2O3S. The number of nitrogens with zero attached hydrogens (tertiary/aromatic N) is 1. The van der Waals surface area contributed by atoms with E-state index in [-0.39, 0.29) is 17.7 Å². The van der Waals surface area contributed by atoms with Gasteiger partial charge in [0.1, 0.15) is 0 Å². The van der Waals surface area contributed by atoms with Crippen molar-refractivity contribution >= 4 is 15.9 Å². The lowest BCUT2D eigenvalue weighted by Gasteiger charge is -2.25. The van der Waals surface area contributed by atoms with Crippen molar-refractivity contribution in [3.63, 3.8) is 0 Å². The molecule has 5 nitrogen and oxygen atoms in total. The number of hydrogen-bond acceptors (Lipinski definition) is 3. The van der Waals surface area contributed by atoms with Gasteiger partial charge < -0.3 is 5.32 Å². The van der Waals surface area contributed by atoms with Gasteiger partial charge >= 0.3 is 0 Å². The maximum absolute atomic E-state index is 12.7. The van der Waals surface area contributed by atoms with E-state index >= 15 is 0 Å². The van der Waals surface area contributed by atoms with Crippen LogP contribution >= 0.6 is 0 Å². The molecule has 2 aromatic carbocycles. The van der Waals surface area contributed by atoms with Crippen LogP contribution in [0.1, 0.15) is 65.7 Å². The van der Waals surface area contributed by atoms with E-state index in [0.29, 0.717) is 24.2 Å². The number of benzene rings is 2. The van der Waals surface area contributed by atoms with Crippen molar-refractivity contribution in [2.24, 2.45) is 0 Å². The molecule has 1 atom stereocenters. The van der Waals surface area contributed by atoms with E-state index in [4.69, 9.17) is 0 Å². The van der Waals surface area contributed by atoms with Crippen LogP contribution in [0.3, 0.4) is 0 Å². The number of aryl methyl sites for hydroxylation is 1. The van der Waals surface area contributed by atoms with Gasteiger partial charge in [0.05, 0.1) is 11.8 Å². The number of amides is 1. The highest BCUT2D eigenvalue weighted by molar-refractivity contribution is 7.88. The van der Waals surface area contributed by atoms with E-state index < -0.39 is 10.0 Å². The minimum atomic E-state index is -3.30. The first-order valence-corrected chi connectivity index (χ1v) is 11.9. The lowest BCUT2D eigenvalue weighted by molar-refractivity contribution is 0.0935. The Morgan fingerprint density at radius 2 is 1.62 bits per heavy atom. The largest absolute Gasteiger partial charge is 0.345 e. The van der Waals surface area contributed by atoms with Crippen molar-refractivity contribution < 1.29 is 13.2 Å². The topological polar surface area (TPSA) is 66.5 Å². The first kappa shape index (κ1) is 21.5. The molecule has 0 spiro atoms. The third-order valence-corrected chi connectivity index (χ3v) is 7.32. The van der Waals surface area contributed by atoms with Crippen LogP contribution in [0.15, 0.2) is 48.5 Å². The second-order valence-electron chi connectivity index (χ2n) is 7.76. The van der Waals surface area contributed by atoms with Crippen molar-refractivity contribution in [1.29, 1.82) is 0 Å². The third-order valence-electron chi connectivity index (χ3n) is 5.47. The first-order chi connectivity index (χ1) is 13.9. The minimum absolute atomic E-state index is 0.0180. The van der Waals surface area contributed by atoms with Gasteiger partial charge in [-0.05, 0) is 49.4 Å². The second kappa shape index (κ2) is 9.55. The normalized spacial score (nSPS) is 16.3. The summed E-state index contributed by atoms with van der Waals surface area (Å²) in [6.45, 7) is 5.30. The number of rotatable bonds is 7. The number of carbonyl (C=O) groups is 1. The predicted molar refractivity (Wildman–Crippen MR) is 116 cm³/mol. The fourth-order valence-corrected chi connectivity index (χ4v) is 5.27. The van der Waals surface area contributed by atoms with Gasteiger partial charge in [0.25, 0.3) is 5.91 Å². The Morgan fingerprint density at radius 3 is 2.21 bits per heavy atom. The van der Waals surface area contributed by atoms with Crippen LogP contribution in [0.25, 0.3) is 0 Å². The number of carbonyl (C=O) groups excluding carboxylic acids is 1. The number of hydrogen-bond donors (Lipinski definition) is 1. The molecule has 1 saturated heterocycles. The van der Waals surface area contributed by atoms with Crippen LogP contribution < -0.4 is 5.32 Å². The maximum atomic E-state index is 12.7. The monoisotopic (exact) mass is 414 g/mol. The Labute approximate surface area is 174 Å². The summed E-state index contributed by atoms with van der Waals surface area (Å²) in [6.07, 6.45) is 3.74. The molecule has 1 amide bonds. The lowest BCUT2D eigenvalue weighted by atomic mass is 10.0. The average Bonchev–Trinajstić information content (AvgIpc) is 2.73. The van der Waals surface area contributed by atoms with E-state index in [9.17, 15) is 13.2 Å². The third kappa shape index (κ3) is 5.67. The average molecular weight is 415 g/mol. The van der Waals surface area contributed by atoms with Crippen molar-refractivity contribution in [3.05, 3.63) is 70.8 Å². The van der Waals surface area contributed by atoms with Crippen LogP contribution in [-0.4, -0.2) is 31.7 Å². The molecule has 0 aliphatic carbocycles. The lowest BCUT2D eigenvalue weighted by Crippen LogP contribution is -2.36. The van der Waals surface area contributed by atoms with Crippen LogP contribution in [0, 0.1) is 6.92 Å². The van der Waals surface area contributed by atoms with Crippen LogP contribution in [0.5, 0.6) is 0 Å². The number of sulfonamides is 1. The molecule has 1 aliphatic heterocycles. The molecular weight excluding hydrogens is 384 g/mol. The van der Waals surface area contributed by atoms with Gasteiger partial charge in [0, 0.05) is 18.7 Å². The summed E-state index contributed by atoms with van der Waals surface area (Å²) >= 11 is 0. The van der Waals surface area contributed by atoms with Gasteiger partial charge in [-0.15, -0.1) is 0 Å².